The predicted molar refractivity (Wildman–Crippen MR) is 86.4 cm³/mol. The van der Waals surface area contributed by atoms with Crippen molar-refractivity contribution < 1.29 is 0 Å². The van der Waals surface area contributed by atoms with E-state index in [2.05, 4.69) is 33.5 Å². The Hall–Kier alpha value is -0.420. The molecule has 2 saturated heterocycles. The second kappa shape index (κ2) is 7.03. The van der Waals surface area contributed by atoms with Crippen LogP contribution in [0, 0.1) is 6.92 Å². The fourth-order valence-electron chi connectivity index (χ4n) is 3.44. The van der Waals surface area contributed by atoms with Crippen molar-refractivity contribution >= 4 is 11.3 Å². The topological polar surface area (TPSA) is 18.5 Å². The van der Waals surface area contributed by atoms with Gasteiger partial charge in [0.1, 0.15) is 0 Å². The Balaban J connectivity index is 1.32. The van der Waals surface area contributed by atoms with E-state index in [0.717, 1.165) is 19.1 Å². The molecule has 3 heterocycles. The van der Waals surface area contributed by atoms with Crippen molar-refractivity contribution in [2.24, 2.45) is 0 Å². The third-order valence-corrected chi connectivity index (χ3v) is 5.79. The van der Waals surface area contributed by atoms with E-state index in [1.807, 2.05) is 11.3 Å². The number of nitrogens with one attached hydrogen (secondary N) is 1. The molecule has 0 saturated carbocycles. The van der Waals surface area contributed by atoms with Gasteiger partial charge in [0.05, 0.1) is 0 Å². The Morgan fingerprint density at radius 1 is 1.30 bits per heavy atom. The number of rotatable bonds is 6. The van der Waals surface area contributed by atoms with Crippen molar-refractivity contribution in [1.29, 1.82) is 0 Å². The molecule has 0 amide bonds. The highest BCUT2D eigenvalue weighted by Gasteiger charge is 2.28. The number of likely N-dealkylation sites (tertiary alicyclic amines) is 2. The minimum Gasteiger partial charge on any atom is -0.311 e. The number of nitrogens with zero attached hydrogens (tertiary/aromatic N) is 2. The molecule has 0 aromatic carbocycles. The van der Waals surface area contributed by atoms with E-state index in [4.69, 9.17) is 0 Å². The van der Waals surface area contributed by atoms with Crippen LogP contribution in [-0.4, -0.2) is 55.1 Å². The molecule has 1 aromatic heterocycles. The van der Waals surface area contributed by atoms with Crippen LogP contribution in [0.3, 0.4) is 0 Å². The number of aryl methyl sites for hydroxylation is 1. The van der Waals surface area contributed by atoms with Crippen molar-refractivity contribution in [2.45, 2.75) is 38.8 Å². The third kappa shape index (κ3) is 3.61. The smallest absolute Gasteiger partial charge is 0.0302 e. The van der Waals surface area contributed by atoms with E-state index in [0.29, 0.717) is 0 Å². The maximum atomic E-state index is 3.60. The lowest BCUT2D eigenvalue weighted by Crippen LogP contribution is -2.37. The summed E-state index contributed by atoms with van der Waals surface area (Å²) in [7, 11) is 0. The maximum Gasteiger partial charge on any atom is 0.0302 e. The Kier molecular flexibility index (Phi) is 5.10. The molecule has 2 aliphatic heterocycles. The summed E-state index contributed by atoms with van der Waals surface area (Å²) >= 11 is 1.87. The minimum atomic E-state index is 0.844. The van der Waals surface area contributed by atoms with Gasteiger partial charge in [0.15, 0.2) is 0 Å². The zero-order chi connectivity index (χ0) is 13.8. The normalized spacial score (nSPS) is 24.8. The van der Waals surface area contributed by atoms with Gasteiger partial charge in [0.25, 0.3) is 0 Å². The number of hydrogen-bond donors (Lipinski definition) is 1. The van der Waals surface area contributed by atoms with E-state index in [-0.39, 0.29) is 0 Å². The predicted octanol–water partition coefficient (Wildman–Crippen LogP) is 2.32. The van der Waals surface area contributed by atoms with Crippen molar-refractivity contribution in [1.82, 2.24) is 15.1 Å². The molecule has 20 heavy (non-hydrogen) atoms. The number of hydrogen-bond acceptors (Lipinski definition) is 4. The van der Waals surface area contributed by atoms with Gasteiger partial charge in [-0.05, 0) is 62.8 Å². The fraction of sp³-hybridized carbons (Fsp3) is 0.750. The lowest BCUT2D eigenvalue weighted by atomic mass is 10.2. The molecule has 3 rings (SSSR count). The lowest BCUT2D eigenvalue weighted by molar-refractivity contribution is 0.232. The molecular formula is C16H27N3S. The van der Waals surface area contributed by atoms with Gasteiger partial charge in [-0.1, -0.05) is 0 Å². The second-order valence-electron chi connectivity index (χ2n) is 6.19. The molecule has 1 unspecified atom stereocenters. The average molecular weight is 293 g/mol. The lowest BCUT2D eigenvalue weighted by Gasteiger charge is -2.23. The zero-order valence-corrected chi connectivity index (χ0v) is 13.4. The Morgan fingerprint density at radius 2 is 2.15 bits per heavy atom. The molecule has 0 aliphatic carbocycles. The maximum absolute atomic E-state index is 3.60. The highest BCUT2D eigenvalue weighted by atomic mass is 32.1. The van der Waals surface area contributed by atoms with Crippen LogP contribution < -0.4 is 5.32 Å². The van der Waals surface area contributed by atoms with Crippen LogP contribution in [0.1, 0.15) is 29.7 Å². The summed E-state index contributed by atoms with van der Waals surface area (Å²) < 4.78 is 0. The first kappa shape index (κ1) is 14.5. The molecule has 0 spiro atoms. The van der Waals surface area contributed by atoms with Gasteiger partial charge < -0.3 is 10.2 Å². The Bertz CT molecular complexity index is 412. The van der Waals surface area contributed by atoms with Gasteiger partial charge in [-0.25, -0.2) is 0 Å². The van der Waals surface area contributed by atoms with Crippen LogP contribution in [0.25, 0.3) is 0 Å². The summed E-state index contributed by atoms with van der Waals surface area (Å²) in [5, 5.41) is 5.78. The molecule has 1 aromatic rings. The van der Waals surface area contributed by atoms with Gasteiger partial charge in [-0.15, -0.1) is 11.3 Å². The fourth-order valence-corrected chi connectivity index (χ4v) is 4.32. The zero-order valence-electron chi connectivity index (χ0n) is 12.6. The van der Waals surface area contributed by atoms with Gasteiger partial charge in [-0.3, -0.25) is 4.90 Å². The molecule has 0 radical (unpaired) electrons. The quantitative estimate of drug-likeness (QED) is 0.812. The van der Waals surface area contributed by atoms with Crippen LogP contribution in [0.2, 0.25) is 0 Å². The SMILES string of the molecule is Cc1ccsc1CNCCN1CCC(N2CCCC2)C1. The Morgan fingerprint density at radius 3 is 2.90 bits per heavy atom. The molecule has 1 N–H and O–H groups in total. The third-order valence-electron chi connectivity index (χ3n) is 4.76. The number of thiophene rings is 1. The molecule has 1 atom stereocenters. The summed E-state index contributed by atoms with van der Waals surface area (Å²) in [6.07, 6.45) is 4.21. The average Bonchev–Trinajstić information content (AvgIpc) is 3.17. The summed E-state index contributed by atoms with van der Waals surface area (Å²) in [4.78, 5) is 6.83. The summed E-state index contributed by atoms with van der Waals surface area (Å²) in [6, 6.07) is 3.06. The first-order chi connectivity index (χ1) is 9.83. The molecule has 3 nitrogen and oxygen atoms in total. The van der Waals surface area contributed by atoms with E-state index in [1.54, 1.807) is 0 Å². The van der Waals surface area contributed by atoms with Crippen LogP contribution >= 0.6 is 11.3 Å². The van der Waals surface area contributed by atoms with E-state index in [1.165, 1.54) is 62.4 Å². The van der Waals surface area contributed by atoms with Gasteiger partial charge in [-0.2, -0.15) is 0 Å². The van der Waals surface area contributed by atoms with Crippen molar-refractivity contribution in [2.75, 3.05) is 39.3 Å². The van der Waals surface area contributed by atoms with Crippen molar-refractivity contribution in [3.05, 3.63) is 21.9 Å². The van der Waals surface area contributed by atoms with Gasteiger partial charge >= 0.3 is 0 Å². The largest absolute Gasteiger partial charge is 0.311 e. The van der Waals surface area contributed by atoms with Crippen molar-refractivity contribution in [3.63, 3.8) is 0 Å². The van der Waals surface area contributed by atoms with Gasteiger partial charge in [0, 0.05) is 37.1 Å². The van der Waals surface area contributed by atoms with Crippen LogP contribution in [-0.2, 0) is 6.54 Å². The summed E-state index contributed by atoms with van der Waals surface area (Å²) in [5.41, 5.74) is 1.43. The molecule has 0 bridgehead atoms. The summed E-state index contributed by atoms with van der Waals surface area (Å²) in [5.74, 6) is 0. The van der Waals surface area contributed by atoms with Crippen LogP contribution in [0.15, 0.2) is 11.4 Å². The summed E-state index contributed by atoms with van der Waals surface area (Å²) in [6.45, 7) is 10.8. The minimum absolute atomic E-state index is 0.844. The molecule has 2 fully saturated rings. The second-order valence-corrected chi connectivity index (χ2v) is 7.19. The van der Waals surface area contributed by atoms with Crippen LogP contribution in [0.5, 0.6) is 0 Å². The molecule has 4 heteroatoms. The van der Waals surface area contributed by atoms with E-state index < -0.39 is 0 Å². The van der Waals surface area contributed by atoms with E-state index >= 15 is 0 Å². The molecule has 112 valence electrons. The first-order valence-electron chi connectivity index (χ1n) is 8.03. The molecular weight excluding hydrogens is 266 g/mol. The van der Waals surface area contributed by atoms with E-state index in [9.17, 15) is 0 Å². The van der Waals surface area contributed by atoms with Crippen LogP contribution in [0.4, 0.5) is 0 Å². The highest BCUT2D eigenvalue weighted by Crippen LogP contribution is 2.20. The molecule has 2 aliphatic rings. The Labute approximate surface area is 127 Å². The monoisotopic (exact) mass is 293 g/mol. The standard InChI is InChI=1S/C16H27N3S/c1-14-5-11-20-16(14)12-17-6-10-18-9-4-15(13-18)19-7-2-3-8-19/h5,11,15,17H,2-4,6-10,12-13H2,1H3. The highest BCUT2D eigenvalue weighted by molar-refractivity contribution is 7.10. The first-order valence-corrected chi connectivity index (χ1v) is 8.91. The van der Waals surface area contributed by atoms with Crippen molar-refractivity contribution in [3.8, 4) is 0 Å². The van der Waals surface area contributed by atoms with Gasteiger partial charge in [0.2, 0.25) is 0 Å².